The van der Waals surface area contributed by atoms with E-state index in [2.05, 4.69) is 9.97 Å². The molecule has 0 aliphatic rings. The van der Waals surface area contributed by atoms with Crippen molar-refractivity contribution in [1.29, 1.82) is 0 Å². The molecule has 0 unspecified atom stereocenters. The highest BCUT2D eigenvalue weighted by atomic mass is 19.4. The van der Waals surface area contributed by atoms with E-state index in [4.69, 9.17) is 0 Å². The molecule has 2 rings (SSSR count). The molecule has 2 aromatic heterocycles. The molecule has 8 heteroatoms. The summed E-state index contributed by atoms with van der Waals surface area (Å²) in [6.45, 7) is 0. The zero-order valence-corrected chi connectivity index (χ0v) is 7.58. The Morgan fingerprint density at radius 1 is 1.44 bits per heavy atom. The van der Waals surface area contributed by atoms with Crippen LogP contribution in [0, 0.1) is 10.1 Å². The minimum atomic E-state index is -4.51. The minimum Gasteiger partial charge on any atom is -0.354 e. The molecule has 0 aromatic carbocycles. The van der Waals surface area contributed by atoms with Gasteiger partial charge in [0.25, 0.3) is 0 Å². The second-order valence-electron chi connectivity index (χ2n) is 3.05. The molecule has 0 aliphatic heterocycles. The molecule has 0 amide bonds. The van der Waals surface area contributed by atoms with Crippen molar-refractivity contribution in [2.75, 3.05) is 0 Å². The van der Waals surface area contributed by atoms with Crippen LogP contribution in [0.5, 0.6) is 0 Å². The Balaban J connectivity index is 2.62. The SMILES string of the molecule is O=[N+]([O-])c1c[nH]c2cc(C(F)(F)F)cnc12. The third kappa shape index (κ3) is 1.58. The van der Waals surface area contributed by atoms with Crippen molar-refractivity contribution in [3.05, 3.63) is 34.1 Å². The number of H-pyrrole nitrogens is 1. The van der Waals surface area contributed by atoms with Gasteiger partial charge in [-0.2, -0.15) is 13.2 Å². The van der Waals surface area contributed by atoms with Crippen LogP contribution in [0.4, 0.5) is 18.9 Å². The lowest BCUT2D eigenvalue weighted by atomic mass is 10.2. The molecule has 0 saturated carbocycles. The van der Waals surface area contributed by atoms with Gasteiger partial charge in [-0.1, -0.05) is 0 Å². The summed E-state index contributed by atoms with van der Waals surface area (Å²) in [6.07, 6.45) is -2.93. The number of pyridine rings is 1. The molecule has 0 spiro atoms. The predicted octanol–water partition coefficient (Wildman–Crippen LogP) is 2.49. The van der Waals surface area contributed by atoms with Gasteiger partial charge < -0.3 is 4.98 Å². The third-order valence-corrected chi connectivity index (χ3v) is 2.02. The molecule has 0 saturated heterocycles. The van der Waals surface area contributed by atoms with Gasteiger partial charge in [-0.15, -0.1) is 0 Å². The van der Waals surface area contributed by atoms with E-state index in [0.29, 0.717) is 6.20 Å². The van der Waals surface area contributed by atoms with Gasteiger partial charge in [-0.25, -0.2) is 4.98 Å². The number of hydrogen-bond donors (Lipinski definition) is 1. The van der Waals surface area contributed by atoms with E-state index >= 15 is 0 Å². The summed E-state index contributed by atoms with van der Waals surface area (Å²) in [5.74, 6) is 0. The normalized spacial score (nSPS) is 11.9. The third-order valence-electron chi connectivity index (χ3n) is 2.02. The van der Waals surface area contributed by atoms with Gasteiger partial charge in [0.2, 0.25) is 0 Å². The number of nitrogens with zero attached hydrogens (tertiary/aromatic N) is 2. The quantitative estimate of drug-likeness (QED) is 0.605. The molecule has 1 N–H and O–H groups in total. The first-order chi connectivity index (χ1) is 7.39. The molecular weight excluding hydrogens is 227 g/mol. The maximum Gasteiger partial charge on any atom is 0.417 e. The Kier molecular flexibility index (Phi) is 2.07. The van der Waals surface area contributed by atoms with Crippen LogP contribution in [0.25, 0.3) is 11.0 Å². The summed E-state index contributed by atoms with van der Waals surface area (Å²) in [6, 6.07) is 0.787. The predicted molar refractivity (Wildman–Crippen MR) is 47.8 cm³/mol. The number of nitro groups is 1. The Morgan fingerprint density at radius 2 is 2.12 bits per heavy atom. The minimum absolute atomic E-state index is 0.0125. The van der Waals surface area contributed by atoms with E-state index in [1.54, 1.807) is 0 Å². The fraction of sp³-hybridized carbons (Fsp3) is 0.125. The summed E-state index contributed by atoms with van der Waals surface area (Å²) in [5.41, 5.74) is -1.39. The van der Waals surface area contributed by atoms with Gasteiger partial charge in [0.1, 0.15) is 0 Å². The highest BCUT2D eigenvalue weighted by Crippen LogP contribution is 2.32. The Bertz CT molecular complexity index is 561. The van der Waals surface area contributed by atoms with Crippen LogP contribution in [0.2, 0.25) is 0 Å². The summed E-state index contributed by atoms with van der Waals surface area (Å²) >= 11 is 0. The number of fused-ring (bicyclic) bond motifs is 1. The first kappa shape index (κ1) is 10.4. The fourth-order valence-electron chi connectivity index (χ4n) is 1.29. The van der Waals surface area contributed by atoms with Gasteiger partial charge >= 0.3 is 11.9 Å². The molecule has 84 valence electrons. The van der Waals surface area contributed by atoms with Crippen molar-refractivity contribution in [3.8, 4) is 0 Å². The topological polar surface area (TPSA) is 71.8 Å². The van der Waals surface area contributed by atoms with Gasteiger partial charge in [0, 0.05) is 6.20 Å². The molecule has 2 aromatic rings. The largest absolute Gasteiger partial charge is 0.417 e. The molecule has 2 heterocycles. The van der Waals surface area contributed by atoms with E-state index in [-0.39, 0.29) is 16.7 Å². The van der Waals surface area contributed by atoms with Crippen molar-refractivity contribution in [2.24, 2.45) is 0 Å². The number of nitrogens with one attached hydrogen (secondary N) is 1. The number of aromatic amines is 1. The lowest BCUT2D eigenvalue weighted by molar-refractivity contribution is -0.383. The smallest absolute Gasteiger partial charge is 0.354 e. The second-order valence-corrected chi connectivity index (χ2v) is 3.05. The zero-order valence-electron chi connectivity index (χ0n) is 7.58. The second kappa shape index (κ2) is 3.19. The van der Waals surface area contributed by atoms with Crippen molar-refractivity contribution in [2.45, 2.75) is 6.18 Å². The number of alkyl halides is 3. The maximum atomic E-state index is 12.3. The molecule has 0 fully saturated rings. The number of halogens is 3. The van der Waals surface area contributed by atoms with E-state index in [0.717, 1.165) is 12.3 Å². The summed E-state index contributed by atoms with van der Waals surface area (Å²) in [5, 5.41) is 10.5. The Labute approximate surface area is 86.1 Å². The lowest BCUT2D eigenvalue weighted by Gasteiger charge is -2.04. The fourth-order valence-corrected chi connectivity index (χ4v) is 1.29. The number of aromatic nitrogens is 2. The molecule has 0 bridgehead atoms. The van der Waals surface area contributed by atoms with Crippen LogP contribution in [-0.2, 0) is 6.18 Å². The van der Waals surface area contributed by atoms with Crippen LogP contribution in [0.1, 0.15) is 5.56 Å². The van der Waals surface area contributed by atoms with Crippen molar-refractivity contribution >= 4 is 16.7 Å². The summed E-state index contributed by atoms with van der Waals surface area (Å²) in [4.78, 5) is 15.6. The van der Waals surface area contributed by atoms with Gasteiger partial charge in [-0.05, 0) is 6.07 Å². The van der Waals surface area contributed by atoms with E-state index < -0.39 is 16.7 Å². The standard InChI is InChI=1S/C8H4F3N3O2/c9-8(10,11)4-1-5-7(13-2-4)6(3-12-5)14(15)16/h1-3,12H. The first-order valence-electron chi connectivity index (χ1n) is 4.08. The van der Waals surface area contributed by atoms with E-state index in [1.807, 2.05) is 0 Å². The average Bonchev–Trinajstić information content (AvgIpc) is 2.58. The van der Waals surface area contributed by atoms with Crippen LogP contribution < -0.4 is 0 Å². The first-order valence-corrected chi connectivity index (χ1v) is 4.08. The lowest BCUT2D eigenvalue weighted by Crippen LogP contribution is -2.05. The Morgan fingerprint density at radius 3 is 2.69 bits per heavy atom. The van der Waals surface area contributed by atoms with Crippen LogP contribution in [-0.4, -0.2) is 14.9 Å². The summed E-state index contributed by atoms with van der Waals surface area (Å²) < 4.78 is 36.9. The zero-order chi connectivity index (χ0) is 11.9. The van der Waals surface area contributed by atoms with Crippen molar-refractivity contribution in [1.82, 2.24) is 9.97 Å². The maximum absolute atomic E-state index is 12.3. The highest BCUT2D eigenvalue weighted by molar-refractivity contribution is 5.85. The van der Waals surface area contributed by atoms with Crippen molar-refractivity contribution < 1.29 is 18.1 Å². The molecular formula is C8H4F3N3O2. The van der Waals surface area contributed by atoms with Gasteiger partial charge in [-0.3, -0.25) is 10.1 Å². The van der Waals surface area contributed by atoms with Crippen molar-refractivity contribution in [3.63, 3.8) is 0 Å². The van der Waals surface area contributed by atoms with Crippen LogP contribution >= 0.6 is 0 Å². The summed E-state index contributed by atoms with van der Waals surface area (Å²) in [7, 11) is 0. The molecule has 0 aliphatic carbocycles. The molecule has 5 nitrogen and oxygen atoms in total. The molecule has 16 heavy (non-hydrogen) atoms. The highest BCUT2D eigenvalue weighted by Gasteiger charge is 2.32. The van der Waals surface area contributed by atoms with E-state index in [1.165, 1.54) is 0 Å². The Hall–Kier alpha value is -2.12. The van der Waals surface area contributed by atoms with Gasteiger partial charge in [0.05, 0.1) is 22.2 Å². The molecule has 0 atom stereocenters. The van der Waals surface area contributed by atoms with E-state index in [9.17, 15) is 23.3 Å². The monoisotopic (exact) mass is 231 g/mol. The van der Waals surface area contributed by atoms with Gasteiger partial charge in [0.15, 0.2) is 5.52 Å². The molecule has 0 radical (unpaired) electrons. The van der Waals surface area contributed by atoms with Crippen LogP contribution in [0.3, 0.4) is 0 Å². The number of rotatable bonds is 1. The average molecular weight is 231 g/mol. The van der Waals surface area contributed by atoms with Crippen LogP contribution in [0.15, 0.2) is 18.5 Å². The number of hydrogen-bond acceptors (Lipinski definition) is 3.